The fourth-order valence-corrected chi connectivity index (χ4v) is 0.116. The van der Waals surface area contributed by atoms with E-state index < -0.39 is 18.3 Å². The number of hydrogen-bond acceptors (Lipinski definition) is 2. The lowest BCUT2D eigenvalue weighted by Gasteiger charge is -2.23. The molecule has 0 aliphatic rings. The first kappa shape index (κ1) is 12.7. The van der Waals surface area contributed by atoms with Crippen LogP contribution in [0, 0.1) is 0 Å². The Balaban J connectivity index is 0. The molecule has 10 heavy (non-hydrogen) atoms. The van der Waals surface area contributed by atoms with E-state index in [1.165, 1.54) is 0 Å². The van der Waals surface area contributed by atoms with Crippen LogP contribution >= 0.6 is 12.4 Å². The van der Waals surface area contributed by atoms with Crippen molar-refractivity contribution in [3.63, 3.8) is 0 Å². The lowest BCUT2D eigenvalue weighted by Crippen LogP contribution is -2.48. The lowest BCUT2D eigenvalue weighted by molar-refractivity contribution is -0.248. The molecule has 0 aliphatic heterocycles. The Kier molecular flexibility index (Phi) is 4.31. The summed E-state index contributed by atoms with van der Waals surface area (Å²) in [5.41, 5.74) is 1.88. The van der Waals surface area contributed by atoms with Gasteiger partial charge < -0.3 is 10.8 Å². The van der Waals surface area contributed by atoms with Crippen LogP contribution in [0.4, 0.5) is 13.2 Å². The van der Waals surface area contributed by atoms with Crippen LogP contribution in [-0.2, 0) is 0 Å². The molecule has 1 atom stereocenters. The number of nitrogens with two attached hydrogens (primary N) is 1. The van der Waals surface area contributed by atoms with E-state index in [2.05, 4.69) is 5.73 Å². The molecule has 0 spiro atoms. The van der Waals surface area contributed by atoms with Crippen LogP contribution in [0.2, 0.25) is 0 Å². The molecule has 0 unspecified atom stereocenters. The third-order valence-corrected chi connectivity index (χ3v) is 1.01. The molecule has 64 valence electrons. The van der Waals surface area contributed by atoms with Crippen molar-refractivity contribution < 1.29 is 18.3 Å². The number of aliphatic hydroxyl groups is 1. The van der Waals surface area contributed by atoms with E-state index >= 15 is 0 Å². The smallest absolute Gasteiger partial charge is 0.380 e. The van der Waals surface area contributed by atoms with Gasteiger partial charge in [-0.15, -0.1) is 12.4 Å². The topological polar surface area (TPSA) is 46.2 Å². The monoisotopic (exact) mass is 179 g/mol. The first-order valence-electron chi connectivity index (χ1n) is 2.30. The fourth-order valence-electron chi connectivity index (χ4n) is 0.116. The van der Waals surface area contributed by atoms with Gasteiger partial charge in [0.15, 0.2) is 5.60 Å². The van der Waals surface area contributed by atoms with Crippen LogP contribution < -0.4 is 5.73 Å². The molecule has 0 aromatic rings. The molecule has 0 heterocycles. The van der Waals surface area contributed by atoms with Crippen LogP contribution in [0.5, 0.6) is 0 Å². The molecule has 0 saturated carbocycles. The minimum Gasteiger partial charge on any atom is -0.380 e. The van der Waals surface area contributed by atoms with Crippen molar-refractivity contribution in [2.24, 2.45) is 5.73 Å². The molecule has 6 heteroatoms. The van der Waals surface area contributed by atoms with Gasteiger partial charge in [0.2, 0.25) is 0 Å². The van der Waals surface area contributed by atoms with Gasteiger partial charge in [-0.25, -0.2) is 0 Å². The van der Waals surface area contributed by atoms with Crippen molar-refractivity contribution >= 4 is 12.4 Å². The molecule has 2 nitrogen and oxygen atoms in total. The standard InChI is InChI=1S/C4H8F3NO.ClH/c1-3(9,2-8)4(5,6)7;/h9H,2,8H2,1H3;1H/t3-;/m0./s1. The van der Waals surface area contributed by atoms with Crippen molar-refractivity contribution in [3.8, 4) is 0 Å². The van der Waals surface area contributed by atoms with Crippen LogP contribution in [0.1, 0.15) is 6.92 Å². The second-order valence-electron chi connectivity index (χ2n) is 1.98. The first-order valence-corrected chi connectivity index (χ1v) is 2.30. The van der Waals surface area contributed by atoms with E-state index in [4.69, 9.17) is 5.11 Å². The van der Waals surface area contributed by atoms with Gasteiger partial charge in [-0.3, -0.25) is 0 Å². The van der Waals surface area contributed by atoms with E-state index in [9.17, 15) is 13.2 Å². The largest absolute Gasteiger partial charge is 0.418 e. The average molecular weight is 180 g/mol. The maximum absolute atomic E-state index is 11.5. The summed E-state index contributed by atoms with van der Waals surface area (Å²) in [5.74, 6) is 0. The van der Waals surface area contributed by atoms with Gasteiger partial charge in [0.1, 0.15) is 0 Å². The van der Waals surface area contributed by atoms with Gasteiger partial charge in [0.05, 0.1) is 0 Å². The first-order chi connectivity index (χ1) is 3.81. The molecular formula is C4H9ClF3NO. The molecule has 0 aliphatic carbocycles. The minimum absolute atomic E-state index is 0. The maximum atomic E-state index is 11.5. The summed E-state index contributed by atoms with van der Waals surface area (Å²) in [4.78, 5) is 0. The van der Waals surface area contributed by atoms with Crippen LogP contribution in [0.3, 0.4) is 0 Å². The summed E-state index contributed by atoms with van der Waals surface area (Å²) in [6.45, 7) is -0.177. The Morgan fingerprint density at radius 3 is 1.70 bits per heavy atom. The average Bonchev–Trinajstić information content (AvgIpc) is 1.64. The molecule has 0 amide bonds. The number of rotatable bonds is 1. The predicted molar refractivity (Wildman–Crippen MR) is 33.0 cm³/mol. The lowest BCUT2D eigenvalue weighted by atomic mass is 10.1. The SMILES string of the molecule is C[C@](O)(CN)C(F)(F)F.Cl. The van der Waals surface area contributed by atoms with Gasteiger partial charge in [-0.2, -0.15) is 13.2 Å². The molecule has 0 aromatic carbocycles. The third-order valence-electron chi connectivity index (χ3n) is 1.01. The summed E-state index contributed by atoms with van der Waals surface area (Å²) >= 11 is 0. The highest BCUT2D eigenvalue weighted by molar-refractivity contribution is 5.85. The molecule has 0 rings (SSSR count). The number of alkyl halides is 3. The zero-order valence-electron chi connectivity index (χ0n) is 5.27. The number of halogens is 4. The molecule has 3 N–H and O–H groups in total. The van der Waals surface area contributed by atoms with Gasteiger partial charge >= 0.3 is 6.18 Å². The maximum Gasteiger partial charge on any atom is 0.418 e. The van der Waals surface area contributed by atoms with Crippen LogP contribution in [0.25, 0.3) is 0 Å². The van der Waals surface area contributed by atoms with E-state index in [0.29, 0.717) is 6.92 Å². The van der Waals surface area contributed by atoms with Crippen molar-refractivity contribution in [1.29, 1.82) is 0 Å². The number of hydrogen-bond donors (Lipinski definition) is 2. The van der Waals surface area contributed by atoms with Crippen molar-refractivity contribution in [2.75, 3.05) is 6.54 Å². The predicted octanol–water partition coefficient (Wildman–Crippen LogP) is 0.680. The Morgan fingerprint density at radius 1 is 1.40 bits per heavy atom. The summed E-state index contributed by atoms with van der Waals surface area (Å²) in [7, 11) is 0. The molecule has 0 bridgehead atoms. The van der Waals surface area contributed by atoms with Crippen molar-refractivity contribution in [3.05, 3.63) is 0 Å². The fraction of sp³-hybridized carbons (Fsp3) is 1.00. The second kappa shape index (κ2) is 3.41. The molecule has 0 radical (unpaired) electrons. The van der Waals surface area contributed by atoms with Gasteiger partial charge in [0, 0.05) is 6.54 Å². The van der Waals surface area contributed by atoms with Gasteiger partial charge in [0.25, 0.3) is 0 Å². The molecular weight excluding hydrogens is 170 g/mol. The quantitative estimate of drug-likeness (QED) is 0.622. The highest BCUT2D eigenvalue weighted by Gasteiger charge is 2.48. The van der Waals surface area contributed by atoms with E-state index in [1.54, 1.807) is 0 Å². The van der Waals surface area contributed by atoms with E-state index in [0.717, 1.165) is 0 Å². The van der Waals surface area contributed by atoms with Gasteiger partial charge in [-0.1, -0.05) is 0 Å². The minimum atomic E-state index is -4.62. The summed E-state index contributed by atoms with van der Waals surface area (Å²) in [5, 5.41) is 8.41. The molecule has 0 aromatic heterocycles. The van der Waals surface area contributed by atoms with Gasteiger partial charge in [-0.05, 0) is 6.92 Å². The van der Waals surface area contributed by atoms with Crippen LogP contribution in [-0.4, -0.2) is 23.4 Å². The molecule has 0 fully saturated rings. The normalized spacial score (nSPS) is 17.4. The van der Waals surface area contributed by atoms with Crippen molar-refractivity contribution in [1.82, 2.24) is 0 Å². The zero-order chi connectivity index (χ0) is 7.71. The zero-order valence-corrected chi connectivity index (χ0v) is 6.09. The Hall–Kier alpha value is -0.0000000000000000555. The molecule has 0 saturated heterocycles. The Morgan fingerprint density at radius 2 is 1.70 bits per heavy atom. The third kappa shape index (κ3) is 2.72. The van der Waals surface area contributed by atoms with E-state index in [-0.39, 0.29) is 12.4 Å². The summed E-state index contributed by atoms with van der Waals surface area (Å²) in [6.07, 6.45) is -4.62. The highest BCUT2D eigenvalue weighted by Crippen LogP contribution is 2.28. The highest BCUT2D eigenvalue weighted by atomic mass is 35.5. The Bertz CT molecular complexity index is 103. The summed E-state index contributed by atoms with van der Waals surface area (Å²) in [6, 6.07) is 0. The summed E-state index contributed by atoms with van der Waals surface area (Å²) < 4.78 is 34.5. The van der Waals surface area contributed by atoms with Crippen LogP contribution in [0.15, 0.2) is 0 Å². The van der Waals surface area contributed by atoms with Crippen molar-refractivity contribution in [2.45, 2.75) is 18.7 Å². The van der Waals surface area contributed by atoms with E-state index in [1.807, 2.05) is 0 Å². The Labute approximate surface area is 62.6 Å². The second-order valence-corrected chi connectivity index (χ2v) is 1.98.